The van der Waals surface area contributed by atoms with Crippen molar-refractivity contribution in [2.75, 3.05) is 6.54 Å². The first-order chi connectivity index (χ1) is 7.64. The van der Waals surface area contributed by atoms with Crippen LogP contribution in [0.2, 0.25) is 0 Å². The molecule has 0 saturated carbocycles. The second kappa shape index (κ2) is 6.56. The fourth-order valence-corrected chi connectivity index (χ4v) is 1.05. The summed E-state index contributed by atoms with van der Waals surface area (Å²) in [5.74, 6) is -1.52. The number of carboxylic acids is 1. The predicted molar refractivity (Wildman–Crippen MR) is 63.3 cm³/mol. The number of hydrogen-bond donors (Lipinski definition) is 4. The van der Waals surface area contributed by atoms with Crippen LogP contribution in [0.3, 0.4) is 0 Å². The minimum absolute atomic E-state index is 0.00811. The summed E-state index contributed by atoms with van der Waals surface area (Å²) in [6.45, 7) is 5.96. The van der Waals surface area contributed by atoms with E-state index in [1.54, 1.807) is 0 Å². The average Bonchev–Trinajstić information content (AvgIpc) is 2.15. The highest BCUT2D eigenvalue weighted by Gasteiger charge is 2.23. The van der Waals surface area contributed by atoms with Crippen LogP contribution in [0.15, 0.2) is 0 Å². The maximum absolute atomic E-state index is 11.4. The Morgan fingerprint density at radius 1 is 1.35 bits per heavy atom. The van der Waals surface area contributed by atoms with Crippen molar-refractivity contribution >= 4 is 11.9 Å². The standard InChI is InChI=1S/C11H22N2O4/c1-11(2,3)8(12)6-9(15)13-5-4-7(14)10(16)17/h7-8,14H,4-6,12H2,1-3H3,(H,13,15)(H,16,17)/t7-,8?/m0/s1. The van der Waals surface area contributed by atoms with E-state index < -0.39 is 12.1 Å². The van der Waals surface area contributed by atoms with Crippen molar-refractivity contribution in [2.24, 2.45) is 11.1 Å². The average molecular weight is 246 g/mol. The van der Waals surface area contributed by atoms with Gasteiger partial charge in [-0.25, -0.2) is 4.79 Å². The first kappa shape index (κ1) is 15.9. The Balaban J connectivity index is 3.85. The van der Waals surface area contributed by atoms with Crippen LogP contribution in [0.1, 0.15) is 33.6 Å². The highest BCUT2D eigenvalue weighted by Crippen LogP contribution is 2.19. The topological polar surface area (TPSA) is 113 Å². The van der Waals surface area contributed by atoms with Crippen molar-refractivity contribution in [1.29, 1.82) is 0 Å². The molecule has 0 aromatic rings. The lowest BCUT2D eigenvalue weighted by atomic mass is 9.85. The second-order valence-electron chi connectivity index (χ2n) is 5.17. The fraction of sp³-hybridized carbons (Fsp3) is 0.818. The second-order valence-corrected chi connectivity index (χ2v) is 5.17. The van der Waals surface area contributed by atoms with Crippen molar-refractivity contribution in [3.63, 3.8) is 0 Å². The Labute approximate surface area is 101 Å². The Morgan fingerprint density at radius 2 is 1.88 bits per heavy atom. The molecule has 100 valence electrons. The number of carboxylic acid groups (broad SMARTS) is 1. The van der Waals surface area contributed by atoms with Gasteiger partial charge in [-0.05, 0) is 5.41 Å². The monoisotopic (exact) mass is 246 g/mol. The van der Waals surface area contributed by atoms with Gasteiger partial charge < -0.3 is 21.3 Å². The number of aliphatic hydroxyl groups excluding tert-OH is 1. The summed E-state index contributed by atoms with van der Waals surface area (Å²) in [6, 6.07) is -0.258. The van der Waals surface area contributed by atoms with Gasteiger partial charge in [-0.1, -0.05) is 20.8 Å². The van der Waals surface area contributed by atoms with Gasteiger partial charge in [0.25, 0.3) is 0 Å². The molecule has 0 aliphatic heterocycles. The van der Waals surface area contributed by atoms with Crippen molar-refractivity contribution in [3.05, 3.63) is 0 Å². The van der Waals surface area contributed by atoms with E-state index in [1.807, 2.05) is 20.8 Å². The van der Waals surface area contributed by atoms with E-state index in [1.165, 1.54) is 0 Å². The van der Waals surface area contributed by atoms with Crippen molar-refractivity contribution in [1.82, 2.24) is 5.32 Å². The zero-order valence-electron chi connectivity index (χ0n) is 10.6. The van der Waals surface area contributed by atoms with Gasteiger partial charge in [0, 0.05) is 25.4 Å². The molecule has 0 aromatic carbocycles. The zero-order chi connectivity index (χ0) is 13.6. The van der Waals surface area contributed by atoms with Gasteiger partial charge in [0.1, 0.15) is 0 Å². The summed E-state index contributed by atoms with van der Waals surface area (Å²) >= 11 is 0. The lowest BCUT2D eigenvalue weighted by Gasteiger charge is -2.26. The van der Waals surface area contributed by atoms with Crippen molar-refractivity contribution in [2.45, 2.75) is 45.8 Å². The van der Waals surface area contributed by atoms with Crippen LogP contribution in [-0.4, -0.2) is 40.8 Å². The molecule has 2 atom stereocenters. The van der Waals surface area contributed by atoms with Crippen LogP contribution in [0.25, 0.3) is 0 Å². The molecule has 0 aromatic heterocycles. The van der Waals surface area contributed by atoms with E-state index in [9.17, 15) is 9.59 Å². The third kappa shape index (κ3) is 6.91. The SMILES string of the molecule is CC(C)(C)C(N)CC(=O)NCC[C@H](O)C(=O)O. The minimum Gasteiger partial charge on any atom is -0.479 e. The van der Waals surface area contributed by atoms with Gasteiger partial charge in [-0.3, -0.25) is 4.79 Å². The van der Waals surface area contributed by atoms with Crippen molar-refractivity contribution in [3.8, 4) is 0 Å². The summed E-state index contributed by atoms with van der Waals surface area (Å²) in [5, 5.41) is 19.9. The summed E-state index contributed by atoms with van der Waals surface area (Å²) in [7, 11) is 0. The number of aliphatic carboxylic acids is 1. The highest BCUT2D eigenvalue weighted by molar-refractivity contribution is 5.76. The Hall–Kier alpha value is -1.14. The van der Waals surface area contributed by atoms with E-state index in [2.05, 4.69) is 5.32 Å². The van der Waals surface area contributed by atoms with Crippen LogP contribution >= 0.6 is 0 Å². The third-order valence-corrected chi connectivity index (χ3v) is 2.54. The molecule has 0 aliphatic carbocycles. The molecule has 6 nitrogen and oxygen atoms in total. The number of carbonyl (C=O) groups excluding carboxylic acids is 1. The number of rotatable bonds is 6. The van der Waals surface area contributed by atoms with E-state index in [0.717, 1.165) is 0 Å². The maximum atomic E-state index is 11.4. The first-order valence-corrected chi connectivity index (χ1v) is 5.57. The van der Waals surface area contributed by atoms with Crippen LogP contribution in [0, 0.1) is 5.41 Å². The number of nitrogens with one attached hydrogen (secondary N) is 1. The number of aliphatic hydroxyl groups is 1. The fourth-order valence-electron chi connectivity index (χ4n) is 1.05. The summed E-state index contributed by atoms with van der Waals surface area (Å²) in [6.07, 6.45) is -1.26. The summed E-state index contributed by atoms with van der Waals surface area (Å²) in [5.41, 5.74) is 5.67. The Kier molecular flexibility index (Phi) is 6.12. The molecule has 1 amide bonds. The molecule has 0 radical (unpaired) electrons. The molecule has 0 saturated heterocycles. The summed E-state index contributed by atoms with van der Waals surface area (Å²) < 4.78 is 0. The molecular formula is C11H22N2O4. The minimum atomic E-state index is -1.44. The molecule has 0 heterocycles. The van der Waals surface area contributed by atoms with Gasteiger partial charge in [-0.2, -0.15) is 0 Å². The molecule has 0 rings (SSSR count). The van der Waals surface area contributed by atoms with Gasteiger partial charge in [0.05, 0.1) is 0 Å². The predicted octanol–water partition coefficient (Wildman–Crippen LogP) is -0.298. The van der Waals surface area contributed by atoms with Gasteiger partial charge in [-0.15, -0.1) is 0 Å². The van der Waals surface area contributed by atoms with Gasteiger partial charge >= 0.3 is 5.97 Å². The lowest BCUT2D eigenvalue weighted by molar-refractivity contribution is -0.147. The van der Waals surface area contributed by atoms with Gasteiger partial charge in [0.2, 0.25) is 5.91 Å². The van der Waals surface area contributed by atoms with Crippen LogP contribution in [0.5, 0.6) is 0 Å². The molecule has 17 heavy (non-hydrogen) atoms. The Bertz CT molecular complexity index is 273. The molecule has 0 aliphatic rings. The van der Waals surface area contributed by atoms with E-state index >= 15 is 0 Å². The van der Waals surface area contributed by atoms with E-state index in [4.69, 9.17) is 15.9 Å². The molecule has 0 fully saturated rings. The van der Waals surface area contributed by atoms with Crippen molar-refractivity contribution < 1.29 is 19.8 Å². The summed E-state index contributed by atoms with van der Waals surface area (Å²) in [4.78, 5) is 21.7. The van der Waals surface area contributed by atoms with Crippen LogP contribution in [-0.2, 0) is 9.59 Å². The largest absolute Gasteiger partial charge is 0.479 e. The molecular weight excluding hydrogens is 224 g/mol. The van der Waals surface area contributed by atoms with Crippen LogP contribution in [0.4, 0.5) is 0 Å². The first-order valence-electron chi connectivity index (χ1n) is 5.57. The Morgan fingerprint density at radius 3 is 2.29 bits per heavy atom. The number of carbonyl (C=O) groups is 2. The van der Waals surface area contributed by atoms with Gasteiger partial charge in [0.15, 0.2) is 6.10 Å². The van der Waals surface area contributed by atoms with E-state index in [0.29, 0.717) is 0 Å². The number of amides is 1. The lowest BCUT2D eigenvalue weighted by Crippen LogP contribution is -2.40. The normalized spacial score (nSPS) is 15.1. The van der Waals surface area contributed by atoms with E-state index in [-0.39, 0.29) is 36.8 Å². The number of hydrogen-bond acceptors (Lipinski definition) is 4. The van der Waals surface area contributed by atoms with Crippen LogP contribution < -0.4 is 11.1 Å². The molecule has 6 heteroatoms. The third-order valence-electron chi connectivity index (χ3n) is 2.54. The molecule has 1 unspecified atom stereocenters. The number of nitrogens with two attached hydrogens (primary N) is 1. The molecule has 0 spiro atoms. The smallest absolute Gasteiger partial charge is 0.332 e. The molecule has 5 N–H and O–H groups in total. The quantitative estimate of drug-likeness (QED) is 0.514. The highest BCUT2D eigenvalue weighted by atomic mass is 16.4. The zero-order valence-corrected chi connectivity index (χ0v) is 10.6. The maximum Gasteiger partial charge on any atom is 0.332 e. The molecule has 0 bridgehead atoms.